The molecule has 0 radical (unpaired) electrons. The molecule has 3 rings (SSSR count). The van der Waals surface area contributed by atoms with Gasteiger partial charge in [-0.25, -0.2) is 4.98 Å². The van der Waals surface area contributed by atoms with E-state index in [0.717, 1.165) is 37.6 Å². The molecule has 0 spiro atoms. The van der Waals surface area contributed by atoms with Gasteiger partial charge in [-0.3, -0.25) is 9.58 Å². The summed E-state index contributed by atoms with van der Waals surface area (Å²) in [6.07, 6.45) is 4.20. The molecule has 6 heteroatoms. The third kappa shape index (κ3) is 3.17. The van der Waals surface area contributed by atoms with Gasteiger partial charge in [-0.05, 0) is 12.5 Å². The first-order chi connectivity index (χ1) is 10.3. The molecular weight excluding hydrogens is 282 g/mol. The maximum Gasteiger partial charge on any atom is 0.111 e. The topological polar surface area (TPSA) is 46.0 Å². The smallest absolute Gasteiger partial charge is 0.111 e. The molecule has 3 heterocycles. The quantitative estimate of drug-likeness (QED) is 0.920. The van der Waals surface area contributed by atoms with Crippen molar-refractivity contribution in [2.24, 2.45) is 7.05 Å². The molecule has 1 N–H and O–H groups in total. The summed E-state index contributed by atoms with van der Waals surface area (Å²) in [5.74, 6) is 0. The van der Waals surface area contributed by atoms with Crippen molar-refractivity contribution in [1.82, 2.24) is 25.0 Å². The summed E-state index contributed by atoms with van der Waals surface area (Å²) in [7, 11) is 1.97. The molecule has 2 aromatic heterocycles. The number of piperazine rings is 1. The van der Waals surface area contributed by atoms with Crippen LogP contribution in [0.15, 0.2) is 17.6 Å². The zero-order chi connectivity index (χ0) is 14.7. The number of aryl methyl sites for hydroxylation is 1. The standard InChI is InChI=1S/C15H23N5S/c1-3-4-14(20-9-7-16-8-10-20)15-18-12(11-21-15)13-5-6-17-19(13)2/h5-6,11,14,16H,3-4,7-10H2,1-2H3. The highest BCUT2D eigenvalue weighted by atomic mass is 32.1. The van der Waals surface area contributed by atoms with Crippen LogP contribution in [0.2, 0.25) is 0 Å². The molecule has 2 aromatic rings. The lowest BCUT2D eigenvalue weighted by atomic mass is 10.1. The minimum atomic E-state index is 0.462. The van der Waals surface area contributed by atoms with Crippen LogP contribution in [-0.4, -0.2) is 45.8 Å². The summed E-state index contributed by atoms with van der Waals surface area (Å²) in [4.78, 5) is 7.48. The van der Waals surface area contributed by atoms with Crippen molar-refractivity contribution in [1.29, 1.82) is 0 Å². The Labute approximate surface area is 130 Å². The number of nitrogens with zero attached hydrogens (tertiary/aromatic N) is 4. The van der Waals surface area contributed by atoms with Crippen LogP contribution in [0.1, 0.15) is 30.8 Å². The average Bonchev–Trinajstić information content (AvgIpc) is 3.14. The second kappa shape index (κ2) is 6.68. The molecule has 0 saturated carbocycles. The molecule has 1 fully saturated rings. The normalized spacial score (nSPS) is 18.0. The molecule has 0 amide bonds. The van der Waals surface area contributed by atoms with Crippen molar-refractivity contribution < 1.29 is 0 Å². The van der Waals surface area contributed by atoms with E-state index in [1.165, 1.54) is 17.8 Å². The summed E-state index contributed by atoms with van der Waals surface area (Å²) in [6.45, 7) is 6.65. The van der Waals surface area contributed by atoms with Gasteiger partial charge in [0.05, 0.1) is 17.4 Å². The Morgan fingerprint density at radius 1 is 1.38 bits per heavy atom. The third-order valence-corrected chi connectivity index (χ3v) is 4.99. The fourth-order valence-corrected chi connectivity index (χ4v) is 3.89. The number of rotatable bonds is 5. The Kier molecular flexibility index (Phi) is 4.67. The first-order valence-corrected chi connectivity index (χ1v) is 8.56. The molecule has 21 heavy (non-hydrogen) atoms. The highest BCUT2D eigenvalue weighted by molar-refractivity contribution is 7.10. The predicted molar refractivity (Wildman–Crippen MR) is 86.4 cm³/mol. The van der Waals surface area contributed by atoms with Gasteiger partial charge < -0.3 is 5.32 Å². The van der Waals surface area contributed by atoms with E-state index in [2.05, 4.69) is 27.6 Å². The summed E-state index contributed by atoms with van der Waals surface area (Å²) in [5.41, 5.74) is 2.14. The summed E-state index contributed by atoms with van der Waals surface area (Å²) < 4.78 is 1.89. The van der Waals surface area contributed by atoms with E-state index in [1.807, 2.05) is 24.0 Å². The van der Waals surface area contributed by atoms with Gasteiger partial charge in [-0.2, -0.15) is 5.10 Å². The van der Waals surface area contributed by atoms with E-state index in [1.54, 1.807) is 11.3 Å². The third-order valence-electron chi connectivity index (χ3n) is 4.04. The summed E-state index contributed by atoms with van der Waals surface area (Å²) >= 11 is 1.78. The fourth-order valence-electron chi connectivity index (χ4n) is 2.91. The van der Waals surface area contributed by atoms with Crippen LogP contribution in [0.3, 0.4) is 0 Å². The van der Waals surface area contributed by atoms with Gasteiger partial charge in [0.25, 0.3) is 0 Å². The van der Waals surface area contributed by atoms with Crippen molar-refractivity contribution in [2.45, 2.75) is 25.8 Å². The van der Waals surface area contributed by atoms with Crippen LogP contribution in [-0.2, 0) is 7.05 Å². The second-order valence-electron chi connectivity index (χ2n) is 5.50. The van der Waals surface area contributed by atoms with Gasteiger partial charge >= 0.3 is 0 Å². The number of hydrogen-bond acceptors (Lipinski definition) is 5. The van der Waals surface area contributed by atoms with E-state index in [4.69, 9.17) is 4.98 Å². The molecule has 114 valence electrons. The van der Waals surface area contributed by atoms with Crippen molar-refractivity contribution in [2.75, 3.05) is 26.2 Å². The lowest BCUT2D eigenvalue weighted by Crippen LogP contribution is -2.45. The Morgan fingerprint density at radius 2 is 2.19 bits per heavy atom. The molecule has 5 nitrogen and oxygen atoms in total. The number of nitrogens with one attached hydrogen (secondary N) is 1. The van der Waals surface area contributed by atoms with Crippen LogP contribution in [0.5, 0.6) is 0 Å². The van der Waals surface area contributed by atoms with Gasteiger partial charge in [-0.15, -0.1) is 11.3 Å². The lowest BCUT2D eigenvalue weighted by Gasteiger charge is -2.33. The molecule has 1 aliphatic rings. The van der Waals surface area contributed by atoms with Gasteiger partial charge in [0, 0.05) is 44.8 Å². The number of aromatic nitrogens is 3. The first kappa shape index (κ1) is 14.7. The SMILES string of the molecule is CCCC(c1nc(-c2ccnn2C)cs1)N1CCNCC1. The molecule has 0 bridgehead atoms. The van der Waals surface area contributed by atoms with Crippen LogP contribution >= 0.6 is 11.3 Å². The maximum atomic E-state index is 4.90. The monoisotopic (exact) mass is 305 g/mol. The van der Waals surface area contributed by atoms with Crippen LogP contribution < -0.4 is 5.32 Å². The Morgan fingerprint density at radius 3 is 2.86 bits per heavy atom. The Bertz CT molecular complexity index is 570. The van der Waals surface area contributed by atoms with E-state index in [0.29, 0.717) is 6.04 Å². The zero-order valence-corrected chi connectivity index (χ0v) is 13.6. The van der Waals surface area contributed by atoms with Crippen LogP contribution in [0.4, 0.5) is 0 Å². The van der Waals surface area contributed by atoms with Crippen LogP contribution in [0.25, 0.3) is 11.4 Å². The fraction of sp³-hybridized carbons (Fsp3) is 0.600. The number of thiazole rings is 1. The molecule has 0 aromatic carbocycles. The van der Waals surface area contributed by atoms with Crippen molar-refractivity contribution in [3.05, 3.63) is 22.7 Å². The largest absolute Gasteiger partial charge is 0.314 e. The zero-order valence-electron chi connectivity index (χ0n) is 12.7. The average molecular weight is 305 g/mol. The molecular formula is C15H23N5S. The molecule has 1 atom stereocenters. The molecule has 1 saturated heterocycles. The lowest BCUT2D eigenvalue weighted by molar-refractivity contribution is 0.164. The molecule has 1 unspecified atom stereocenters. The minimum Gasteiger partial charge on any atom is -0.314 e. The van der Waals surface area contributed by atoms with Crippen molar-refractivity contribution >= 4 is 11.3 Å². The first-order valence-electron chi connectivity index (χ1n) is 7.68. The van der Waals surface area contributed by atoms with Gasteiger partial charge in [0.1, 0.15) is 5.01 Å². The molecule has 1 aliphatic heterocycles. The maximum absolute atomic E-state index is 4.90. The molecule has 0 aliphatic carbocycles. The van der Waals surface area contributed by atoms with Gasteiger partial charge in [0.15, 0.2) is 0 Å². The van der Waals surface area contributed by atoms with E-state index < -0.39 is 0 Å². The van der Waals surface area contributed by atoms with Crippen molar-refractivity contribution in [3.63, 3.8) is 0 Å². The van der Waals surface area contributed by atoms with Crippen LogP contribution in [0, 0.1) is 0 Å². The minimum absolute atomic E-state index is 0.462. The van der Waals surface area contributed by atoms with Gasteiger partial charge in [0.2, 0.25) is 0 Å². The predicted octanol–water partition coefficient (Wildman–Crippen LogP) is 2.29. The number of hydrogen-bond donors (Lipinski definition) is 1. The highest BCUT2D eigenvalue weighted by Crippen LogP contribution is 2.31. The highest BCUT2D eigenvalue weighted by Gasteiger charge is 2.24. The Balaban J connectivity index is 1.83. The second-order valence-corrected chi connectivity index (χ2v) is 6.39. The summed E-state index contributed by atoms with van der Waals surface area (Å²) in [5, 5.41) is 11.1. The van der Waals surface area contributed by atoms with E-state index in [9.17, 15) is 0 Å². The summed E-state index contributed by atoms with van der Waals surface area (Å²) in [6, 6.07) is 2.49. The van der Waals surface area contributed by atoms with E-state index >= 15 is 0 Å². The van der Waals surface area contributed by atoms with Crippen molar-refractivity contribution in [3.8, 4) is 11.4 Å². The Hall–Kier alpha value is -1.24. The van der Waals surface area contributed by atoms with Gasteiger partial charge in [-0.1, -0.05) is 13.3 Å². The van der Waals surface area contributed by atoms with E-state index in [-0.39, 0.29) is 0 Å².